The van der Waals surface area contributed by atoms with Crippen LogP contribution in [0.3, 0.4) is 0 Å². The molecule has 0 aromatic heterocycles. The lowest BCUT2D eigenvalue weighted by molar-refractivity contribution is -0.126. The van der Waals surface area contributed by atoms with E-state index in [9.17, 15) is 5.11 Å². The first-order valence-corrected chi connectivity index (χ1v) is 7.04. The monoisotopic (exact) mass is 226 g/mol. The largest absolute Gasteiger partial charge is 0.389 e. The Balaban J connectivity index is 2.87. The number of hydrogen-bond acceptors (Lipinski definition) is 1. The molecule has 3 atom stereocenters. The lowest BCUT2D eigenvalue weighted by atomic mass is 9.59. The van der Waals surface area contributed by atoms with Gasteiger partial charge in [-0.15, -0.1) is 0 Å². The molecule has 0 heterocycles. The van der Waals surface area contributed by atoms with Crippen LogP contribution in [0.4, 0.5) is 0 Å². The molecule has 3 unspecified atom stereocenters. The summed E-state index contributed by atoms with van der Waals surface area (Å²) in [5.74, 6) is 0.914. The van der Waals surface area contributed by atoms with Gasteiger partial charge in [0.2, 0.25) is 0 Å². The second-order valence-electron chi connectivity index (χ2n) is 6.85. The average molecular weight is 226 g/mol. The zero-order valence-corrected chi connectivity index (χ0v) is 11.8. The minimum Gasteiger partial charge on any atom is -0.389 e. The minimum atomic E-state index is -0.410. The predicted molar refractivity (Wildman–Crippen MR) is 70.4 cm³/mol. The van der Waals surface area contributed by atoms with E-state index in [0.717, 1.165) is 12.8 Å². The summed E-state index contributed by atoms with van der Waals surface area (Å²) in [6.07, 6.45) is 7.05. The molecule has 0 aromatic carbocycles. The molecule has 0 bridgehead atoms. The van der Waals surface area contributed by atoms with Crippen LogP contribution in [0.15, 0.2) is 0 Å². The van der Waals surface area contributed by atoms with Gasteiger partial charge in [0.15, 0.2) is 0 Å². The van der Waals surface area contributed by atoms with E-state index in [1.807, 2.05) is 0 Å². The van der Waals surface area contributed by atoms with Crippen molar-refractivity contribution in [2.45, 2.75) is 78.7 Å². The molecule has 0 amide bonds. The zero-order chi connectivity index (χ0) is 12.4. The first-order chi connectivity index (χ1) is 7.32. The molecule has 0 radical (unpaired) electrons. The highest BCUT2D eigenvalue weighted by atomic mass is 16.3. The summed E-state index contributed by atoms with van der Waals surface area (Å²) in [6.45, 7) is 11.3. The molecule has 0 aliphatic heterocycles. The van der Waals surface area contributed by atoms with Crippen molar-refractivity contribution in [3.63, 3.8) is 0 Å². The Morgan fingerprint density at radius 2 is 1.94 bits per heavy atom. The lowest BCUT2D eigenvalue weighted by Gasteiger charge is -2.50. The van der Waals surface area contributed by atoms with Crippen molar-refractivity contribution >= 4 is 0 Å². The summed E-state index contributed by atoms with van der Waals surface area (Å²) in [6, 6.07) is 0. The molecule has 1 heteroatoms. The van der Waals surface area contributed by atoms with Gasteiger partial charge in [-0.1, -0.05) is 53.9 Å². The van der Waals surface area contributed by atoms with E-state index in [1.54, 1.807) is 0 Å². The van der Waals surface area contributed by atoms with Crippen molar-refractivity contribution < 1.29 is 5.11 Å². The van der Waals surface area contributed by atoms with Gasteiger partial charge in [-0.3, -0.25) is 0 Å². The van der Waals surface area contributed by atoms with Gasteiger partial charge in [0.1, 0.15) is 0 Å². The van der Waals surface area contributed by atoms with Crippen LogP contribution in [0, 0.1) is 17.3 Å². The van der Waals surface area contributed by atoms with Gasteiger partial charge < -0.3 is 5.11 Å². The first-order valence-electron chi connectivity index (χ1n) is 7.04. The van der Waals surface area contributed by atoms with Crippen LogP contribution in [0.2, 0.25) is 0 Å². The Labute approximate surface area is 102 Å². The van der Waals surface area contributed by atoms with Crippen molar-refractivity contribution in [1.82, 2.24) is 0 Å². The second-order valence-corrected chi connectivity index (χ2v) is 6.85. The molecule has 1 aliphatic carbocycles. The van der Waals surface area contributed by atoms with Crippen LogP contribution in [-0.4, -0.2) is 10.7 Å². The maximum atomic E-state index is 11.1. The van der Waals surface area contributed by atoms with Gasteiger partial charge in [0, 0.05) is 0 Å². The van der Waals surface area contributed by atoms with Crippen molar-refractivity contribution in [3.8, 4) is 0 Å². The summed E-state index contributed by atoms with van der Waals surface area (Å²) in [5.41, 5.74) is -0.177. The summed E-state index contributed by atoms with van der Waals surface area (Å²) >= 11 is 0. The van der Waals surface area contributed by atoms with E-state index in [4.69, 9.17) is 0 Å². The topological polar surface area (TPSA) is 20.2 Å². The molecule has 96 valence electrons. The van der Waals surface area contributed by atoms with Crippen LogP contribution in [-0.2, 0) is 0 Å². The molecule has 1 saturated carbocycles. The van der Waals surface area contributed by atoms with Gasteiger partial charge in [0.25, 0.3) is 0 Å². The van der Waals surface area contributed by atoms with Gasteiger partial charge >= 0.3 is 0 Å². The van der Waals surface area contributed by atoms with Crippen molar-refractivity contribution in [1.29, 1.82) is 0 Å². The maximum absolute atomic E-state index is 11.1. The summed E-state index contributed by atoms with van der Waals surface area (Å²) in [7, 11) is 0. The Kier molecular flexibility index (Phi) is 4.45. The summed E-state index contributed by atoms with van der Waals surface area (Å²) < 4.78 is 0. The fraction of sp³-hybridized carbons (Fsp3) is 1.00. The van der Waals surface area contributed by atoms with Crippen LogP contribution < -0.4 is 0 Å². The molecule has 1 aliphatic rings. The highest BCUT2D eigenvalue weighted by molar-refractivity contribution is 4.98. The van der Waals surface area contributed by atoms with E-state index in [0.29, 0.717) is 11.8 Å². The van der Waals surface area contributed by atoms with Gasteiger partial charge in [-0.25, -0.2) is 0 Å². The number of rotatable bonds is 3. The van der Waals surface area contributed by atoms with E-state index < -0.39 is 5.60 Å². The fourth-order valence-electron chi connectivity index (χ4n) is 3.64. The zero-order valence-electron chi connectivity index (χ0n) is 11.8. The Bertz CT molecular complexity index is 216. The molecule has 1 nitrogen and oxygen atoms in total. The normalized spacial score (nSPS) is 33.8. The fourth-order valence-corrected chi connectivity index (χ4v) is 3.64. The van der Waals surface area contributed by atoms with Gasteiger partial charge in [0.05, 0.1) is 5.60 Å². The van der Waals surface area contributed by atoms with Crippen molar-refractivity contribution in [2.75, 3.05) is 0 Å². The average Bonchev–Trinajstić information content (AvgIpc) is 2.17. The maximum Gasteiger partial charge on any atom is 0.0706 e. The lowest BCUT2D eigenvalue weighted by Crippen LogP contribution is -2.51. The van der Waals surface area contributed by atoms with Crippen LogP contribution in [0.25, 0.3) is 0 Å². The Morgan fingerprint density at radius 1 is 1.31 bits per heavy atom. The minimum absolute atomic E-state index is 0.233. The number of hydrogen-bond donors (Lipinski definition) is 1. The molecular weight excluding hydrogens is 196 g/mol. The smallest absolute Gasteiger partial charge is 0.0706 e. The van der Waals surface area contributed by atoms with Gasteiger partial charge in [-0.2, -0.15) is 0 Å². The second kappa shape index (κ2) is 5.08. The van der Waals surface area contributed by atoms with Crippen LogP contribution in [0.1, 0.15) is 73.1 Å². The molecule has 1 N–H and O–H groups in total. The quantitative estimate of drug-likeness (QED) is 0.756. The molecule has 0 saturated heterocycles. The van der Waals surface area contributed by atoms with E-state index in [1.165, 1.54) is 25.7 Å². The van der Waals surface area contributed by atoms with Crippen LogP contribution in [0.5, 0.6) is 0 Å². The van der Waals surface area contributed by atoms with Crippen LogP contribution >= 0.6 is 0 Å². The molecular formula is C15H30O. The molecule has 0 aromatic rings. The SMILES string of the molecule is CCCC(C)C1(O)CCCCC1C(C)(C)C. The first kappa shape index (κ1) is 14.0. The molecule has 0 spiro atoms. The number of aliphatic hydroxyl groups is 1. The predicted octanol–water partition coefficient (Wildman–Crippen LogP) is 4.39. The molecule has 1 fully saturated rings. The van der Waals surface area contributed by atoms with E-state index >= 15 is 0 Å². The Morgan fingerprint density at radius 3 is 2.44 bits per heavy atom. The van der Waals surface area contributed by atoms with E-state index in [-0.39, 0.29) is 5.41 Å². The standard InChI is InChI=1S/C15H30O/c1-6-9-12(2)15(16)11-8-7-10-13(15)14(3,4)5/h12-13,16H,6-11H2,1-5H3. The molecule has 16 heavy (non-hydrogen) atoms. The van der Waals surface area contributed by atoms with E-state index in [2.05, 4.69) is 34.6 Å². The van der Waals surface area contributed by atoms with Crippen molar-refractivity contribution in [2.24, 2.45) is 17.3 Å². The Hall–Kier alpha value is -0.0400. The van der Waals surface area contributed by atoms with Crippen molar-refractivity contribution in [3.05, 3.63) is 0 Å². The highest BCUT2D eigenvalue weighted by Crippen LogP contribution is 2.48. The summed E-state index contributed by atoms with van der Waals surface area (Å²) in [4.78, 5) is 0. The van der Waals surface area contributed by atoms with Gasteiger partial charge in [-0.05, 0) is 36.5 Å². The highest BCUT2D eigenvalue weighted by Gasteiger charge is 2.47. The molecule has 1 rings (SSSR count). The summed E-state index contributed by atoms with van der Waals surface area (Å²) in [5, 5.41) is 11.1. The third-order valence-corrected chi connectivity index (χ3v) is 4.54. The third-order valence-electron chi connectivity index (χ3n) is 4.54. The third kappa shape index (κ3) is 2.80.